The van der Waals surface area contributed by atoms with Crippen LogP contribution >= 0.6 is 0 Å². The minimum atomic E-state index is 0.166. The lowest BCUT2D eigenvalue weighted by atomic mass is 10.2. The molecule has 0 bridgehead atoms. The Bertz CT molecular complexity index is 595. The van der Waals surface area contributed by atoms with Crippen LogP contribution in [0.15, 0.2) is 29.3 Å². The smallest absolute Gasteiger partial charge is 0.219 e. The summed E-state index contributed by atoms with van der Waals surface area (Å²) in [5.74, 6) is 1.86. The van der Waals surface area contributed by atoms with Crippen LogP contribution in [0.5, 0.6) is 5.75 Å². The van der Waals surface area contributed by atoms with E-state index < -0.39 is 0 Å². The summed E-state index contributed by atoms with van der Waals surface area (Å²) in [7, 11) is 0. The average molecular weight is 376 g/mol. The number of rotatable bonds is 8. The summed E-state index contributed by atoms with van der Waals surface area (Å²) in [4.78, 5) is 20.3. The van der Waals surface area contributed by atoms with Crippen molar-refractivity contribution in [2.45, 2.75) is 20.8 Å². The van der Waals surface area contributed by atoms with E-state index in [1.54, 1.807) is 6.92 Å². The number of piperazine rings is 1. The van der Waals surface area contributed by atoms with E-state index >= 15 is 0 Å². The topological polar surface area (TPSA) is 69.2 Å². The van der Waals surface area contributed by atoms with Crippen LogP contribution in [0.4, 0.5) is 0 Å². The van der Waals surface area contributed by atoms with Crippen LogP contribution in [-0.4, -0.2) is 80.6 Å². The maximum atomic E-state index is 11.4. The van der Waals surface area contributed by atoms with Gasteiger partial charge in [-0.15, -0.1) is 0 Å². The predicted octanol–water partition coefficient (Wildman–Crippen LogP) is 1.09. The number of nitrogens with zero attached hydrogens (tertiary/aromatic N) is 3. The average Bonchev–Trinajstić information content (AvgIpc) is 2.67. The quantitative estimate of drug-likeness (QED) is 0.404. The number of aliphatic imine (C=N–C) groups is 1. The van der Waals surface area contributed by atoms with E-state index in [-0.39, 0.29) is 5.91 Å². The van der Waals surface area contributed by atoms with Crippen LogP contribution in [-0.2, 0) is 4.79 Å². The molecule has 7 heteroatoms. The standard InChI is InChI=1S/C20H33N5O2/c1-4-21-20(23-10-16-27-19-7-5-17(2)6-8-19)22-9-11-24-12-14-25(15-13-24)18(3)26/h5-8H,4,9-16H2,1-3H3,(H2,21,22,23). The van der Waals surface area contributed by atoms with Crippen LogP contribution in [0, 0.1) is 6.92 Å². The number of carbonyl (C=O) groups excluding carboxylic acids is 1. The number of amides is 1. The Balaban J connectivity index is 1.66. The first-order valence-electron chi connectivity index (χ1n) is 9.78. The molecule has 0 spiro atoms. The molecule has 1 fully saturated rings. The molecule has 2 rings (SSSR count). The normalized spacial score (nSPS) is 15.5. The first kappa shape index (κ1) is 21.0. The lowest BCUT2D eigenvalue weighted by molar-refractivity contribution is -0.130. The maximum absolute atomic E-state index is 11.4. The number of carbonyl (C=O) groups is 1. The summed E-state index contributed by atoms with van der Waals surface area (Å²) in [5, 5.41) is 6.56. The Morgan fingerprint density at radius 2 is 1.85 bits per heavy atom. The van der Waals surface area contributed by atoms with Crippen molar-refractivity contribution in [2.75, 3.05) is 59.0 Å². The van der Waals surface area contributed by atoms with Crippen molar-refractivity contribution >= 4 is 11.9 Å². The Morgan fingerprint density at radius 3 is 2.48 bits per heavy atom. The Morgan fingerprint density at radius 1 is 1.15 bits per heavy atom. The summed E-state index contributed by atoms with van der Waals surface area (Å²) in [5.41, 5.74) is 1.23. The Labute approximate surface area is 162 Å². The molecule has 1 aromatic rings. The SMILES string of the molecule is CCNC(=NCCN1CCN(C(C)=O)CC1)NCCOc1ccc(C)cc1. The largest absolute Gasteiger partial charge is 0.492 e. The highest BCUT2D eigenvalue weighted by Gasteiger charge is 2.17. The van der Waals surface area contributed by atoms with Crippen molar-refractivity contribution < 1.29 is 9.53 Å². The number of hydrogen-bond donors (Lipinski definition) is 2. The zero-order valence-electron chi connectivity index (χ0n) is 16.8. The van der Waals surface area contributed by atoms with E-state index in [0.29, 0.717) is 13.2 Å². The van der Waals surface area contributed by atoms with Gasteiger partial charge in [0.1, 0.15) is 12.4 Å². The number of ether oxygens (including phenoxy) is 1. The van der Waals surface area contributed by atoms with E-state index in [1.807, 2.05) is 29.2 Å². The second-order valence-corrected chi connectivity index (χ2v) is 6.70. The highest BCUT2D eigenvalue weighted by Crippen LogP contribution is 2.10. The number of guanidine groups is 1. The van der Waals surface area contributed by atoms with Crippen molar-refractivity contribution in [3.8, 4) is 5.75 Å². The van der Waals surface area contributed by atoms with E-state index in [0.717, 1.165) is 57.5 Å². The molecule has 0 aromatic heterocycles. The van der Waals surface area contributed by atoms with Gasteiger partial charge in [0, 0.05) is 46.2 Å². The van der Waals surface area contributed by atoms with Gasteiger partial charge in [0.05, 0.1) is 13.1 Å². The van der Waals surface area contributed by atoms with Crippen molar-refractivity contribution in [2.24, 2.45) is 4.99 Å². The molecular formula is C20H33N5O2. The molecule has 1 amide bonds. The Kier molecular flexibility index (Phi) is 8.91. The number of hydrogen-bond acceptors (Lipinski definition) is 4. The van der Waals surface area contributed by atoms with Crippen LogP contribution in [0.2, 0.25) is 0 Å². The zero-order valence-corrected chi connectivity index (χ0v) is 16.8. The summed E-state index contributed by atoms with van der Waals surface area (Å²) < 4.78 is 5.73. The molecule has 0 radical (unpaired) electrons. The molecule has 0 unspecified atom stereocenters. The third-order valence-electron chi connectivity index (χ3n) is 4.53. The summed E-state index contributed by atoms with van der Waals surface area (Å²) in [6, 6.07) is 8.07. The van der Waals surface area contributed by atoms with Crippen LogP contribution in [0.1, 0.15) is 19.4 Å². The molecule has 27 heavy (non-hydrogen) atoms. The molecule has 1 aliphatic heterocycles. The van der Waals surface area contributed by atoms with Gasteiger partial charge in [-0.3, -0.25) is 14.7 Å². The molecule has 1 heterocycles. The lowest BCUT2D eigenvalue weighted by Gasteiger charge is -2.33. The van der Waals surface area contributed by atoms with Crippen molar-refractivity contribution in [1.82, 2.24) is 20.4 Å². The van der Waals surface area contributed by atoms with E-state index in [1.165, 1.54) is 5.56 Å². The predicted molar refractivity (Wildman–Crippen MR) is 109 cm³/mol. The number of aryl methyl sites for hydroxylation is 1. The molecule has 1 aliphatic rings. The van der Waals surface area contributed by atoms with E-state index in [4.69, 9.17) is 4.74 Å². The van der Waals surface area contributed by atoms with E-state index in [2.05, 4.69) is 34.4 Å². The zero-order chi connectivity index (χ0) is 19.5. The van der Waals surface area contributed by atoms with Crippen LogP contribution < -0.4 is 15.4 Å². The first-order valence-corrected chi connectivity index (χ1v) is 9.78. The molecule has 2 N–H and O–H groups in total. The van der Waals surface area contributed by atoms with Gasteiger partial charge in [-0.25, -0.2) is 0 Å². The first-order chi connectivity index (χ1) is 13.1. The maximum Gasteiger partial charge on any atom is 0.219 e. The van der Waals surface area contributed by atoms with Gasteiger partial charge < -0.3 is 20.3 Å². The molecule has 1 saturated heterocycles. The monoisotopic (exact) mass is 375 g/mol. The van der Waals surface area contributed by atoms with Crippen LogP contribution in [0.25, 0.3) is 0 Å². The summed E-state index contributed by atoms with van der Waals surface area (Å²) in [6.45, 7) is 13.0. The molecule has 0 aliphatic carbocycles. The fourth-order valence-electron chi connectivity index (χ4n) is 2.90. The molecule has 1 aromatic carbocycles. The minimum Gasteiger partial charge on any atom is -0.492 e. The second kappa shape index (κ2) is 11.4. The lowest BCUT2D eigenvalue weighted by Crippen LogP contribution is -2.48. The number of benzene rings is 1. The fraction of sp³-hybridized carbons (Fsp3) is 0.600. The summed E-state index contributed by atoms with van der Waals surface area (Å²) >= 11 is 0. The molecular weight excluding hydrogens is 342 g/mol. The van der Waals surface area contributed by atoms with Gasteiger partial charge in [0.15, 0.2) is 5.96 Å². The van der Waals surface area contributed by atoms with Crippen molar-refractivity contribution in [3.63, 3.8) is 0 Å². The summed E-state index contributed by atoms with van der Waals surface area (Å²) in [6.07, 6.45) is 0. The highest BCUT2D eigenvalue weighted by molar-refractivity contribution is 5.79. The number of nitrogens with one attached hydrogen (secondary N) is 2. The van der Waals surface area contributed by atoms with Crippen LogP contribution in [0.3, 0.4) is 0 Å². The minimum absolute atomic E-state index is 0.166. The van der Waals surface area contributed by atoms with Gasteiger partial charge in [0.25, 0.3) is 0 Å². The van der Waals surface area contributed by atoms with Gasteiger partial charge in [-0.1, -0.05) is 17.7 Å². The van der Waals surface area contributed by atoms with Crippen molar-refractivity contribution in [1.29, 1.82) is 0 Å². The fourth-order valence-corrected chi connectivity index (χ4v) is 2.90. The van der Waals surface area contributed by atoms with E-state index in [9.17, 15) is 4.79 Å². The third kappa shape index (κ3) is 7.86. The van der Waals surface area contributed by atoms with Crippen molar-refractivity contribution in [3.05, 3.63) is 29.8 Å². The second-order valence-electron chi connectivity index (χ2n) is 6.70. The highest BCUT2D eigenvalue weighted by atomic mass is 16.5. The third-order valence-corrected chi connectivity index (χ3v) is 4.53. The molecule has 0 atom stereocenters. The van der Waals surface area contributed by atoms with Gasteiger partial charge in [0.2, 0.25) is 5.91 Å². The molecule has 7 nitrogen and oxygen atoms in total. The van der Waals surface area contributed by atoms with Gasteiger partial charge >= 0.3 is 0 Å². The molecule has 150 valence electrons. The van der Waals surface area contributed by atoms with Gasteiger partial charge in [-0.2, -0.15) is 0 Å². The Hall–Kier alpha value is -2.28. The van der Waals surface area contributed by atoms with Gasteiger partial charge in [-0.05, 0) is 26.0 Å². The molecule has 0 saturated carbocycles.